The number of carbonyl (C=O) groups is 1. The number of ether oxygens (including phenoxy) is 1. The van der Waals surface area contributed by atoms with Crippen molar-refractivity contribution >= 4 is 17.5 Å². The fourth-order valence-corrected chi connectivity index (χ4v) is 3.07. The molecule has 0 aliphatic carbocycles. The average Bonchev–Trinajstić information content (AvgIpc) is 2.80. The van der Waals surface area contributed by atoms with Crippen molar-refractivity contribution in [2.24, 2.45) is 0 Å². The zero-order valence-electron chi connectivity index (χ0n) is 13.8. The van der Waals surface area contributed by atoms with E-state index >= 15 is 0 Å². The summed E-state index contributed by atoms with van der Waals surface area (Å²) in [6.07, 6.45) is 5.58. The first-order chi connectivity index (χ1) is 11.6. The van der Waals surface area contributed by atoms with Gasteiger partial charge in [-0.1, -0.05) is 42.6 Å². The number of aromatic nitrogens is 2. The summed E-state index contributed by atoms with van der Waals surface area (Å²) < 4.78 is 7.40. The summed E-state index contributed by atoms with van der Waals surface area (Å²) in [5.74, 6) is 0.290. The van der Waals surface area contributed by atoms with Crippen molar-refractivity contribution in [3.8, 4) is 11.6 Å². The Morgan fingerprint density at radius 1 is 1.17 bits per heavy atom. The lowest BCUT2D eigenvalue weighted by molar-refractivity contribution is -0.138. The quantitative estimate of drug-likeness (QED) is 0.847. The highest BCUT2D eigenvalue weighted by Gasteiger charge is 2.24. The maximum Gasteiger partial charge on any atom is 0.263 e. The number of hydrogen-bond acceptors (Lipinski definition) is 3. The molecule has 0 saturated carbocycles. The van der Waals surface area contributed by atoms with Gasteiger partial charge in [-0.25, -0.2) is 4.68 Å². The molecule has 3 rings (SSSR count). The van der Waals surface area contributed by atoms with Crippen LogP contribution in [0.25, 0.3) is 5.69 Å². The van der Waals surface area contributed by atoms with Crippen LogP contribution in [0.3, 0.4) is 0 Å². The molecule has 24 heavy (non-hydrogen) atoms. The smallest absolute Gasteiger partial charge is 0.263 e. The molecule has 6 heteroatoms. The van der Waals surface area contributed by atoms with Crippen molar-refractivity contribution in [3.05, 3.63) is 41.6 Å². The number of benzene rings is 1. The lowest BCUT2D eigenvalue weighted by atomic mass is 10.2. The minimum Gasteiger partial charge on any atom is -0.462 e. The molecule has 2 heterocycles. The fraction of sp³-hybridized carbons (Fsp3) is 0.444. The Balaban J connectivity index is 1.69. The lowest BCUT2D eigenvalue weighted by Gasteiger charge is -2.24. The highest BCUT2D eigenvalue weighted by Crippen LogP contribution is 2.25. The van der Waals surface area contributed by atoms with E-state index in [1.54, 1.807) is 17.8 Å². The largest absolute Gasteiger partial charge is 0.462 e. The van der Waals surface area contributed by atoms with Gasteiger partial charge >= 0.3 is 0 Å². The van der Waals surface area contributed by atoms with Gasteiger partial charge in [0.1, 0.15) is 5.02 Å². The lowest BCUT2D eigenvalue weighted by Crippen LogP contribution is -2.41. The first-order valence-electron chi connectivity index (χ1n) is 8.41. The standard InChI is InChI=1S/C18H22ClN3O2/c1-14(18(23)21-11-7-2-3-8-12-21)24-17-16(19)13-22(20-17)15-9-5-4-6-10-15/h4-6,9-10,13-14H,2-3,7-8,11-12H2,1H3/t14-/m1/s1. The van der Waals surface area contributed by atoms with Crippen molar-refractivity contribution in [1.82, 2.24) is 14.7 Å². The van der Waals surface area contributed by atoms with E-state index in [0.717, 1.165) is 31.6 Å². The van der Waals surface area contributed by atoms with Crippen LogP contribution in [0.4, 0.5) is 0 Å². The van der Waals surface area contributed by atoms with Gasteiger partial charge in [0.25, 0.3) is 11.8 Å². The van der Waals surface area contributed by atoms with E-state index in [9.17, 15) is 4.79 Å². The fourth-order valence-electron chi connectivity index (χ4n) is 2.90. The third kappa shape index (κ3) is 3.90. The van der Waals surface area contributed by atoms with Crippen LogP contribution in [0.15, 0.2) is 36.5 Å². The van der Waals surface area contributed by atoms with Gasteiger partial charge in [-0.05, 0) is 31.9 Å². The van der Waals surface area contributed by atoms with Gasteiger partial charge < -0.3 is 9.64 Å². The summed E-state index contributed by atoms with van der Waals surface area (Å²) in [4.78, 5) is 14.5. The van der Waals surface area contributed by atoms with E-state index in [1.807, 2.05) is 35.2 Å². The maximum atomic E-state index is 12.6. The molecule has 2 aromatic rings. The Kier molecular flexibility index (Phi) is 5.41. The molecule has 0 N–H and O–H groups in total. The number of carbonyl (C=O) groups excluding carboxylic acids is 1. The number of hydrogen-bond donors (Lipinski definition) is 0. The molecule has 0 bridgehead atoms. The molecule has 1 fully saturated rings. The topological polar surface area (TPSA) is 47.4 Å². The molecule has 1 aliphatic rings. The van der Waals surface area contributed by atoms with Crippen molar-refractivity contribution in [1.29, 1.82) is 0 Å². The summed E-state index contributed by atoms with van der Waals surface area (Å²) in [7, 11) is 0. The highest BCUT2D eigenvalue weighted by atomic mass is 35.5. The number of nitrogens with zero attached hydrogens (tertiary/aromatic N) is 3. The minimum absolute atomic E-state index is 0.00206. The van der Waals surface area contributed by atoms with Crippen LogP contribution in [0.5, 0.6) is 5.88 Å². The van der Waals surface area contributed by atoms with Crippen LogP contribution in [0, 0.1) is 0 Å². The van der Waals surface area contributed by atoms with E-state index in [4.69, 9.17) is 16.3 Å². The Bertz CT molecular complexity index is 679. The normalized spacial score (nSPS) is 16.5. The Morgan fingerprint density at radius 2 is 1.83 bits per heavy atom. The van der Waals surface area contributed by atoms with Gasteiger partial charge in [-0.3, -0.25) is 4.79 Å². The molecule has 0 radical (unpaired) electrons. The Hall–Kier alpha value is -2.01. The van der Waals surface area contributed by atoms with Crippen LogP contribution in [-0.4, -0.2) is 39.8 Å². The zero-order chi connectivity index (χ0) is 16.9. The van der Waals surface area contributed by atoms with Crippen molar-refractivity contribution in [3.63, 3.8) is 0 Å². The van der Waals surface area contributed by atoms with Crippen LogP contribution < -0.4 is 4.74 Å². The van der Waals surface area contributed by atoms with Crippen molar-refractivity contribution in [2.45, 2.75) is 38.7 Å². The number of halogens is 1. The molecule has 0 unspecified atom stereocenters. The third-order valence-corrected chi connectivity index (χ3v) is 4.47. The van der Waals surface area contributed by atoms with Crippen LogP contribution in [0.2, 0.25) is 5.02 Å². The molecule has 128 valence electrons. The van der Waals surface area contributed by atoms with Gasteiger partial charge in [0, 0.05) is 13.1 Å². The number of rotatable bonds is 4. The van der Waals surface area contributed by atoms with E-state index in [-0.39, 0.29) is 11.8 Å². The first-order valence-corrected chi connectivity index (χ1v) is 8.79. The summed E-state index contributed by atoms with van der Waals surface area (Å²) in [6, 6.07) is 9.65. The number of para-hydroxylation sites is 1. The predicted molar refractivity (Wildman–Crippen MR) is 93.7 cm³/mol. The molecular formula is C18H22ClN3O2. The van der Waals surface area contributed by atoms with Crippen molar-refractivity contribution in [2.75, 3.05) is 13.1 Å². The van der Waals surface area contributed by atoms with Crippen LogP contribution in [0.1, 0.15) is 32.6 Å². The molecule has 1 aromatic heterocycles. The van der Waals surface area contributed by atoms with Crippen molar-refractivity contribution < 1.29 is 9.53 Å². The Morgan fingerprint density at radius 3 is 2.50 bits per heavy atom. The molecule has 1 saturated heterocycles. The second-order valence-electron chi connectivity index (χ2n) is 6.06. The minimum atomic E-state index is -0.597. The van der Waals surface area contributed by atoms with Crippen LogP contribution in [-0.2, 0) is 4.79 Å². The van der Waals surface area contributed by atoms with Gasteiger partial charge in [-0.2, -0.15) is 0 Å². The summed E-state index contributed by atoms with van der Waals surface area (Å²) in [6.45, 7) is 3.36. The SMILES string of the molecule is C[C@@H](Oc1nn(-c2ccccc2)cc1Cl)C(=O)N1CCCCCC1. The Labute approximate surface area is 147 Å². The maximum absolute atomic E-state index is 12.6. The van der Waals surface area contributed by atoms with E-state index in [0.29, 0.717) is 5.02 Å². The summed E-state index contributed by atoms with van der Waals surface area (Å²) in [5, 5.41) is 4.76. The highest BCUT2D eigenvalue weighted by molar-refractivity contribution is 6.31. The molecule has 1 amide bonds. The van der Waals surface area contributed by atoms with Gasteiger partial charge in [0.15, 0.2) is 6.10 Å². The predicted octanol–water partition coefficient (Wildman–Crippen LogP) is 3.70. The summed E-state index contributed by atoms with van der Waals surface area (Å²) in [5.41, 5.74) is 0.890. The monoisotopic (exact) mass is 347 g/mol. The molecule has 1 aromatic carbocycles. The number of likely N-dealkylation sites (tertiary alicyclic amines) is 1. The van der Waals surface area contributed by atoms with Crippen LogP contribution >= 0.6 is 11.6 Å². The summed E-state index contributed by atoms with van der Waals surface area (Å²) >= 11 is 6.22. The third-order valence-electron chi connectivity index (χ3n) is 4.21. The molecular weight excluding hydrogens is 326 g/mol. The molecule has 0 spiro atoms. The second kappa shape index (κ2) is 7.71. The van der Waals surface area contributed by atoms with E-state index in [1.165, 1.54) is 12.8 Å². The molecule has 1 atom stereocenters. The molecule has 1 aliphatic heterocycles. The van der Waals surface area contributed by atoms with Gasteiger partial charge in [0.2, 0.25) is 0 Å². The van der Waals surface area contributed by atoms with Gasteiger partial charge in [0.05, 0.1) is 11.9 Å². The first kappa shape index (κ1) is 16.8. The molecule has 5 nitrogen and oxygen atoms in total. The average molecular weight is 348 g/mol. The van der Waals surface area contributed by atoms with E-state index < -0.39 is 6.10 Å². The second-order valence-corrected chi connectivity index (χ2v) is 6.47. The van der Waals surface area contributed by atoms with Gasteiger partial charge in [-0.15, -0.1) is 5.10 Å². The number of amides is 1. The zero-order valence-corrected chi connectivity index (χ0v) is 14.6. The van der Waals surface area contributed by atoms with E-state index in [2.05, 4.69) is 5.10 Å².